The number of hydrogen-bond acceptors (Lipinski definition) is 5. The van der Waals surface area contributed by atoms with Crippen molar-refractivity contribution in [3.05, 3.63) is 29.8 Å². The van der Waals surface area contributed by atoms with Crippen LogP contribution in [0.2, 0.25) is 0 Å². The summed E-state index contributed by atoms with van der Waals surface area (Å²) in [5.74, 6) is 2.40. The number of nitrogens with zero attached hydrogens (tertiary/aromatic N) is 2. The normalized spacial score (nSPS) is 21.1. The van der Waals surface area contributed by atoms with Crippen LogP contribution in [0.25, 0.3) is 0 Å². The Bertz CT molecular complexity index is 641. The van der Waals surface area contributed by atoms with Crippen LogP contribution in [-0.4, -0.2) is 78.4 Å². The average Bonchev–Trinajstić information content (AvgIpc) is 2.69. The molecule has 0 radical (unpaired) electrons. The lowest BCUT2D eigenvalue weighted by molar-refractivity contribution is -0.133. The van der Waals surface area contributed by atoms with Crippen molar-refractivity contribution in [1.29, 1.82) is 0 Å². The summed E-state index contributed by atoms with van der Waals surface area (Å²) in [5.41, 5.74) is 2.05. The maximum atomic E-state index is 12.5. The van der Waals surface area contributed by atoms with Gasteiger partial charge in [-0.05, 0) is 18.1 Å². The van der Waals surface area contributed by atoms with E-state index in [1.807, 2.05) is 40.9 Å². The zero-order valence-corrected chi connectivity index (χ0v) is 16.9. The molecule has 0 spiro atoms. The summed E-state index contributed by atoms with van der Waals surface area (Å²) in [6, 6.07) is 8.23. The summed E-state index contributed by atoms with van der Waals surface area (Å²) in [6.07, 6.45) is 1.48. The molecule has 0 aliphatic carbocycles. The summed E-state index contributed by atoms with van der Waals surface area (Å²) in [5, 5.41) is 6.45. The first-order valence-corrected chi connectivity index (χ1v) is 11.0. The predicted molar refractivity (Wildman–Crippen MR) is 111 cm³/mol. The van der Waals surface area contributed by atoms with Crippen LogP contribution in [0, 0.1) is 0 Å². The lowest BCUT2D eigenvalue weighted by Gasteiger charge is -2.35. The third-order valence-corrected chi connectivity index (χ3v) is 6.31. The molecule has 2 heterocycles. The number of para-hydroxylation sites is 1. The van der Waals surface area contributed by atoms with Crippen LogP contribution in [0.5, 0.6) is 0 Å². The number of carbonyl (C=O) groups is 2. The summed E-state index contributed by atoms with van der Waals surface area (Å²) >= 11 is 1.92. The highest BCUT2D eigenvalue weighted by Crippen LogP contribution is 2.16. The van der Waals surface area contributed by atoms with Gasteiger partial charge in [0.25, 0.3) is 0 Å². The number of thioether (sulfide) groups is 1. The van der Waals surface area contributed by atoms with E-state index in [2.05, 4.69) is 22.5 Å². The molecule has 2 aliphatic rings. The van der Waals surface area contributed by atoms with Gasteiger partial charge in [-0.25, -0.2) is 0 Å². The fourth-order valence-corrected chi connectivity index (χ4v) is 4.54. The molecule has 1 atom stereocenters. The van der Waals surface area contributed by atoms with Gasteiger partial charge in [-0.15, -0.1) is 0 Å². The molecule has 1 unspecified atom stereocenters. The molecule has 2 saturated heterocycles. The number of amides is 2. The Morgan fingerprint density at radius 1 is 1.22 bits per heavy atom. The zero-order chi connectivity index (χ0) is 19.1. The number of rotatable bonds is 6. The molecule has 1 aromatic carbocycles. The summed E-state index contributed by atoms with van der Waals surface area (Å²) in [7, 11) is 0. The van der Waals surface area contributed by atoms with Crippen molar-refractivity contribution in [3.8, 4) is 0 Å². The maximum absolute atomic E-state index is 12.5. The molecular formula is C20H30N4O2S. The Hall–Kier alpha value is -1.57. The van der Waals surface area contributed by atoms with E-state index >= 15 is 0 Å². The Kier molecular flexibility index (Phi) is 7.55. The quantitative estimate of drug-likeness (QED) is 0.769. The van der Waals surface area contributed by atoms with Gasteiger partial charge in [0.1, 0.15) is 0 Å². The van der Waals surface area contributed by atoms with Crippen molar-refractivity contribution >= 4 is 29.3 Å². The molecule has 0 aromatic heterocycles. The number of benzene rings is 1. The molecule has 2 fully saturated rings. The second kappa shape index (κ2) is 10.1. The van der Waals surface area contributed by atoms with E-state index in [1.165, 1.54) is 0 Å². The first-order valence-electron chi connectivity index (χ1n) is 9.84. The van der Waals surface area contributed by atoms with Crippen molar-refractivity contribution in [2.75, 3.05) is 56.1 Å². The maximum Gasteiger partial charge on any atom is 0.238 e. The Morgan fingerprint density at radius 2 is 2.00 bits per heavy atom. The first kappa shape index (κ1) is 20.2. The lowest BCUT2D eigenvalue weighted by Crippen LogP contribution is -2.52. The molecular weight excluding hydrogens is 360 g/mol. The van der Waals surface area contributed by atoms with Crippen molar-refractivity contribution in [3.63, 3.8) is 0 Å². The third kappa shape index (κ3) is 5.96. The van der Waals surface area contributed by atoms with Gasteiger partial charge in [-0.1, -0.05) is 25.1 Å². The largest absolute Gasteiger partial charge is 0.340 e. The number of anilines is 1. The highest BCUT2D eigenvalue weighted by molar-refractivity contribution is 7.99. The molecule has 148 valence electrons. The van der Waals surface area contributed by atoms with E-state index in [1.54, 1.807) is 0 Å². The van der Waals surface area contributed by atoms with Gasteiger partial charge in [0.05, 0.1) is 6.54 Å². The van der Waals surface area contributed by atoms with E-state index in [4.69, 9.17) is 0 Å². The van der Waals surface area contributed by atoms with Crippen LogP contribution in [0.4, 0.5) is 5.69 Å². The van der Waals surface area contributed by atoms with Gasteiger partial charge in [0.15, 0.2) is 0 Å². The third-order valence-electron chi connectivity index (χ3n) is 5.18. The molecule has 27 heavy (non-hydrogen) atoms. The van der Waals surface area contributed by atoms with E-state index in [-0.39, 0.29) is 11.8 Å². The van der Waals surface area contributed by atoms with Gasteiger partial charge < -0.3 is 15.5 Å². The second-order valence-corrected chi connectivity index (χ2v) is 8.30. The molecule has 0 saturated carbocycles. The number of carbonyl (C=O) groups excluding carboxylic acids is 2. The second-order valence-electron chi connectivity index (χ2n) is 7.15. The summed E-state index contributed by atoms with van der Waals surface area (Å²) < 4.78 is 0. The molecule has 3 rings (SSSR count). The number of nitrogens with one attached hydrogen (secondary N) is 2. The molecule has 7 heteroatoms. The minimum Gasteiger partial charge on any atom is -0.340 e. The van der Waals surface area contributed by atoms with E-state index in [0.29, 0.717) is 32.1 Å². The summed E-state index contributed by atoms with van der Waals surface area (Å²) in [6.45, 7) is 6.37. The van der Waals surface area contributed by atoms with E-state index in [9.17, 15) is 9.59 Å². The molecule has 6 nitrogen and oxygen atoms in total. The SMILES string of the molecule is CCc1ccccc1NC(=O)CN1CCN(C(=O)CC2CSCCN2)CC1. The van der Waals surface area contributed by atoms with Crippen molar-refractivity contribution in [1.82, 2.24) is 15.1 Å². The van der Waals surface area contributed by atoms with Gasteiger partial charge >= 0.3 is 0 Å². The summed E-state index contributed by atoms with van der Waals surface area (Å²) in [4.78, 5) is 28.9. The monoisotopic (exact) mass is 390 g/mol. The highest BCUT2D eigenvalue weighted by atomic mass is 32.2. The van der Waals surface area contributed by atoms with Crippen LogP contribution in [0.3, 0.4) is 0 Å². The standard InChI is InChI=1S/C20H30N4O2S/c1-2-16-5-3-4-6-18(16)22-19(25)14-23-8-10-24(11-9-23)20(26)13-17-15-27-12-7-21-17/h3-6,17,21H,2,7-15H2,1H3,(H,22,25). The van der Waals surface area contributed by atoms with Crippen LogP contribution in [0.15, 0.2) is 24.3 Å². The van der Waals surface area contributed by atoms with Crippen LogP contribution in [-0.2, 0) is 16.0 Å². The Balaban J connectivity index is 1.41. The van der Waals surface area contributed by atoms with Gasteiger partial charge in [-0.2, -0.15) is 11.8 Å². The Morgan fingerprint density at radius 3 is 2.70 bits per heavy atom. The van der Waals surface area contributed by atoms with Crippen molar-refractivity contribution in [2.24, 2.45) is 0 Å². The number of aryl methyl sites for hydroxylation is 1. The average molecular weight is 391 g/mol. The first-order chi connectivity index (χ1) is 13.2. The molecule has 2 N–H and O–H groups in total. The molecule has 2 amide bonds. The van der Waals surface area contributed by atoms with Gasteiger partial charge in [-0.3, -0.25) is 14.5 Å². The van der Waals surface area contributed by atoms with Crippen molar-refractivity contribution in [2.45, 2.75) is 25.8 Å². The fraction of sp³-hybridized carbons (Fsp3) is 0.600. The minimum atomic E-state index is 0.0131. The van der Waals surface area contributed by atoms with Crippen LogP contribution in [0.1, 0.15) is 18.9 Å². The Labute approximate surface area is 166 Å². The molecule has 2 aliphatic heterocycles. The van der Waals surface area contributed by atoms with Gasteiger partial charge in [0.2, 0.25) is 11.8 Å². The van der Waals surface area contributed by atoms with Crippen LogP contribution >= 0.6 is 11.8 Å². The number of hydrogen-bond donors (Lipinski definition) is 2. The highest BCUT2D eigenvalue weighted by Gasteiger charge is 2.25. The van der Waals surface area contributed by atoms with Crippen LogP contribution < -0.4 is 10.6 Å². The van der Waals surface area contributed by atoms with E-state index in [0.717, 1.165) is 48.8 Å². The van der Waals surface area contributed by atoms with Crippen molar-refractivity contribution < 1.29 is 9.59 Å². The topological polar surface area (TPSA) is 64.7 Å². The zero-order valence-electron chi connectivity index (χ0n) is 16.1. The predicted octanol–water partition coefficient (Wildman–Crippen LogP) is 1.43. The molecule has 1 aromatic rings. The number of piperazine rings is 1. The van der Waals surface area contributed by atoms with E-state index < -0.39 is 0 Å². The minimum absolute atomic E-state index is 0.0131. The lowest BCUT2D eigenvalue weighted by atomic mass is 10.1. The molecule has 0 bridgehead atoms. The van der Waals surface area contributed by atoms with Gasteiger partial charge in [0, 0.05) is 62.4 Å². The smallest absolute Gasteiger partial charge is 0.238 e. The fourth-order valence-electron chi connectivity index (χ4n) is 3.59.